The smallest absolute Gasteiger partial charge is 0.139 e. The van der Waals surface area contributed by atoms with E-state index in [4.69, 9.17) is 33.7 Å². The van der Waals surface area contributed by atoms with Crippen LogP contribution in [0.2, 0.25) is 10.0 Å². The van der Waals surface area contributed by atoms with Crippen LogP contribution in [0.25, 0.3) is 0 Å². The largest absolute Gasteiger partial charge is 0.506 e. The third kappa shape index (κ3) is 2.86. The third-order valence-corrected chi connectivity index (χ3v) is 3.70. The van der Waals surface area contributed by atoms with Gasteiger partial charge in [0.1, 0.15) is 5.75 Å². The van der Waals surface area contributed by atoms with Crippen LogP contribution in [-0.2, 0) is 4.74 Å². The van der Waals surface area contributed by atoms with Crippen molar-refractivity contribution in [3.05, 3.63) is 27.7 Å². The van der Waals surface area contributed by atoms with Crippen molar-refractivity contribution in [2.24, 2.45) is 11.7 Å². The van der Waals surface area contributed by atoms with Crippen LogP contribution in [0.1, 0.15) is 24.4 Å². The standard InChI is InChI=1S/C12H15Cl2NO2/c13-8-5-9(12(16)10(14)6-8)11(15)7-1-3-17-4-2-7/h5-7,11,16H,1-4,15H2/t11-/m1/s1. The van der Waals surface area contributed by atoms with Crippen LogP contribution < -0.4 is 5.73 Å². The van der Waals surface area contributed by atoms with Crippen LogP contribution in [0.15, 0.2) is 12.1 Å². The lowest BCUT2D eigenvalue weighted by molar-refractivity contribution is 0.0581. The molecule has 1 aromatic rings. The normalized spacial score (nSPS) is 19.2. The van der Waals surface area contributed by atoms with Gasteiger partial charge < -0.3 is 15.6 Å². The Hall–Kier alpha value is -0.480. The molecule has 0 radical (unpaired) electrons. The number of hydrogen-bond acceptors (Lipinski definition) is 3. The van der Waals surface area contributed by atoms with E-state index in [0.717, 1.165) is 12.8 Å². The highest BCUT2D eigenvalue weighted by Gasteiger charge is 2.25. The fourth-order valence-corrected chi connectivity index (χ4v) is 2.68. The molecule has 0 bridgehead atoms. The molecule has 0 aliphatic carbocycles. The number of phenols is 1. The highest BCUT2D eigenvalue weighted by molar-refractivity contribution is 6.35. The molecule has 1 aliphatic heterocycles. The van der Waals surface area contributed by atoms with E-state index in [1.54, 1.807) is 6.07 Å². The first kappa shape index (κ1) is 13.0. The van der Waals surface area contributed by atoms with E-state index in [1.807, 2.05) is 0 Å². The van der Waals surface area contributed by atoms with Crippen molar-refractivity contribution >= 4 is 23.2 Å². The van der Waals surface area contributed by atoms with Crippen molar-refractivity contribution in [1.29, 1.82) is 0 Å². The van der Waals surface area contributed by atoms with E-state index >= 15 is 0 Å². The summed E-state index contributed by atoms with van der Waals surface area (Å²) >= 11 is 11.8. The molecule has 1 fully saturated rings. The zero-order valence-corrected chi connectivity index (χ0v) is 10.8. The monoisotopic (exact) mass is 275 g/mol. The van der Waals surface area contributed by atoms with Gasteiger partial charge in [-0.1, -0.05) is 23.2 Å². The predicted octanol–water partition coefficient (Wildman–Crippen LogP) is 3.13. The molecule has 1 heterocycles. The van der Waals surface area contributed by atoms with Crippen molar-refractivity contribution in [2.75, 3.05) is 13.2 Å². The minimum atomic E-state index is -0.255. The molecule has 0 amide bonds. The lowest BCUT2D eigenvalue weighted by atomic mass is 9.87. The van der Waals surface area contributed by atoms with Gasteiger partial charge in [-0.25, -0.2) is 0 Å². The molecular weight excluding hydrogens is 261 g/mol. The summed E-state index contributed by atoms with van der Waals surface area (Å²) in [6, 6.07) is 2.94. The van der Waals surface area contributed by atoms with Gasteiger partial charge in [0.25, 0.3) is 0 Å². The predicted molar refractivity (Wildman–Crippen MR) is 68.6 cm³/mol. The van der Waals surface area contributed by atoms with Crippen LogP contribution in [0.3, 0.4) is 0 Å². The fraction of sp³-hybridized carbons (Fsp3) is 0.500. The SMILES string of the molecule is N[C@@H](c1cc(Cl)cc(Cl)c1O)C1CCOCC1. The summed E-state index contributed by atoms with van der Waals surface area (Å²) in [5.74, 6) is 0.333. The summed E-state index contributed by atoms with van der Waals surface area (Å²) in [5.41, 5.74) is 6.80. The second kappa shape index (κ2) is 5.44. The molecule has 3 nitrogen and oxygen atoms in total. The second-order valence-corrected chi connectivity index (χ2v) is 5.14. The first-order chi connectivity index (χ1) is 8.09. The Morgan fingerprint density at radius 2 is 1.94 bits per heavy atom. The highest BCUT2D eigenvalue weighted by atomic mass is 35.5. The molecule has 1 aliphatic rings. The molecule has 0 spiro atoms. The first-order valence-corrected chi connectivity index (χ1v) is 6.36. The van der Waals surface area contributed by atoms with Crippen LogP contribution in [0.4, 0.5) is 0 Å². The number of nitrogens with two attached hydrogens (primary N) is 1. The summed E-state index contributed by atoms with van der Waals surface area (Å²) in [6.07, 6.45) is 1.79. The molecule has 17 heavy (non-hydrogen) atoms. The average Bonchev–Trinajstić information content (AvgIpc) is 2.34. The Bertz CT molecular complexity index is 406. The summed E-state index contributed by atoms with van der Waals surface area (Å²) < 4.78 is 5.29. The van der Waals surface area contributed by atoms with Crippen molar-refractivity contribution < 1.29 is 9.84 Å². The van der Waals surface area contributed by atoms with Gasteiger partial charge in [-0.2, -0.15) is 0 Å². The van der Waals surface area contributed by atoms with Gasteiger partial charge in [-0.15, -0.1) is 0 Å². The molecule has 5 heteroatoms. The molecule has 1 atom stereocenters. The molecule has 94 valence electrons. The Balaban J connectivity index is 2.26. The summed E-state index contributed by atoms with van der Waals surface area (Å²) in [7, 11) is 0. The summed E-state index contributed by atoms with van der Waals surface area (Å²) in [5, 5.41) is 10.7. The molecule has 3 N–H and O–H groups in total. The molecule has 2 rings (SSSR count). The summed E-state index contributed by atoms with van der Waals surface area (Å²) in [6.45, 7) is 1.43. The maximum atomic E-state index is 9.92. The Morgan fingerprint density at radius 1 is 1.29 bits per heavy atom. The lowest BCUT2D eigenvalue weighted by Gasteiger charge is -2.28. The number of halogens is 2. The zero-order chi connectivity index (χ0) is 12.4. The van der Waals surface area contributed by atoms with Gasteiger partial charge in [-0.05, 0) is 30.9 Å². The minimum absolute atomic E-state index is 0.0371. The van der Waals surface area contributed by atoms with E-state index in [0.29, 0.717) is 29.7 Å². The van der Waals surface area contributed by atoms with Gasteiger partial charge in [0.2, 0.25) is 0 Å². The zero-order valence-electron chi connectivity index (χ0n) is 9.33. The van der Waals surface area contributed by atoms with E-state index in [2.05, 4.69) is 0 Å². The molecule has 0 saturated carbocycles. The van der Waals surface area contributed by atoms with E-state index < -0.39 is 0 Å². The molecular formula is C12H15Cl2NO2. The fourth-order valence-electron chi connectivity index (χ4n) is 2.17. The van der Waals surface area contributed by atoms with Gasteiger partial charge in [0.05, 0.1) is 5.02 Å². The lowest BCUT2D eigenvalue weighted by Crippen LogP contribution is -2.27. The number of rotatable bonds is 2. The number of ether oxygens (including phenoxy) is 1. The maximum absolute atomic E-state index is 9.92. The summed E-state index contributed by atoms with van der Waals surface area (Å²) in [4.78, 5) is 0. The van der Waals surface area contributed by atoms with Crippen molar-refractivity contribution in [2.45, 2.75) is 18.9 Å². The van der Waals surface area contributed by atoms with Gasteiger partial charge in [0, 0.05) is 29.8 Å². The topological polar surface area (TPSA) is 55.5 Å². The van der Waals surface area contributed by atoms with Gasteiger partial charge in [0.15, 0.2) is 0 Å². The van der Waals surface area contributed by atoms with Crippen molar-refractivity contribution in [3.8, 4) is 5.75 Å². The van der Waals surface area contributed by atoms with Gasteiger partial charge in [-0.3, -0.25) is 0 Å². The highest BCUT2D eigenvalue weighted by Crippen LogP contribution is 2.38. The van der Waals surface area contributed by atoms with Crippen LogP contribution in [0, 0.1) is 5.92 Å². The maximum Gasteiger partial charge on any atom is 0.139 e. The van der Waals surface area contributed by atoms with Crippen molar-refractivity contribution in [3.63, 3.8) is 0 Å². The van der Waals surface area contributed by atoms with Crippen LogP contribution in [0.5, 0.6) is 5.75 Å². The number of benzene rings is 1. The molecule has 1 aromatic carbocycles. The van der Waals surface area contributed by atoms with Crippen LogP contribution in [-0.4, -0.2) is 18.3 Å². The molecule has 0 unspecified atom stereocenters. The van der Waals surface area contributed by atoms with Gasteiger partial charge >= 0.3 is 0 Å². The first-order valence-electron chi connectivity index (χ1n) is 5.61. The third-order valence-electron chi connectivity index (χ3n) is 3.19. The number of hydrogen-bond donors (Lipinski definition) is 2. The molecule has 1 saturated heterocycles. The van der Waals surface area contributed by atoms with Crippen molar-refractivity contribution in [1.82, 2.24) is 0 Å². The van der Waals surface area contributed by atoms with E-state index in [9.17, 15) is 5.11 Å². The van der Waals surface area contributed by atoms with Crippen LogP contribution >= 0.6 is 23.2 Å². The Kier molecular flexibility index (Phi) is 4.15. The number of phenolic OH excluding ortho intramolecular Hbond substituents is 1. The Morgan fingerprint density at radius 3 is 2.59 bits per heavy atom. The number of aromatic hydroxyl groups is 1. The quantitative estimate of drug-likeness (QED) is 0.872. The second-order valence-electron chi connectivity index (χ2n) is 4.30. The average molecular weight is 276 g/mol. The van der Waals surface area contributed by atoms with E-state index in [1.165, 1.54) is 6.07 Å². The Labute approximate surface area is 110 Å². The minimum Gasteiger partial charge on any atom is -0.506 e. The molecule has 0 aromatic heterocycles. The van der Waals surface area contributed by atoms with E-state index in [-0.39, 0.29) is 16.8 Å².